The summed E-state index contributed by atoms with van der Waals surface area (Å²) in [5.41, 5.74) is 0. The Labute approximate surface area is 70.7 Å². The maximum atomic E-state index is 10.8. The molecule has 0 amide bonds. The van der Waals surface area contributed by atoms with Crippen LogP contribution < -0.4 is 0 Å². The predicted molar refractivity (Wildman–Crippen MR) is 25.2 cm³/mol. The number of hydrogen-bond acceptors (Lipinski definition) is 1. The topological polar surface area (TPSA) is 57.5 Å². The van der Waals surface area contributed by atoms with Gasteiger partial charge >= 0.3 is 43.1 Å². The summed E-state index contributed by atoms with van der Waals surface area (Å²) in [6.45, 7) is 0. The van der Waals surface area contributed by atoms with E-state index in [0.717, 1.165) is 0 Å². The molecule has 0 rings (SSSR count). The zero-order chi connectivity index (χ0) is 7.00. The number of halogens is 3. The van der Waals surface area contributed by atoms with Crippen molar-refractivity contribution >= 4 is 37.2 Å². The fourth-order valence-electron chi connectivity index (χ4n) is 0. The molecule has 0 aliphatic heterocycles. The van der Waals surface area contributed by atoms with E-state index in [0.29, 0.717) is 0 Å². The molecule has 0 aromatic heterocycles. The Hall–Kier alpha value is 0.940. The van der Waals surface area contributed by atoms with Gasteiger partial charge in [0, 0.05) is 0 Å². The number of hydrogen-bond donors (Lipinski definition) is 2. The van der Waals surface area contributed by atoms with E-state index in [-0.39, 0.29) is 29.6 Å². The molecule has 0 aliphatic rings. The van der Waals surface area contributed by atoms with Crippen molar-refractivity contribution in [3.8, 4) is 0 Å². The van der Waals surface area contributed by atoms with E-state index in [4.69, 9.17) is 9.79 Å². The van der Waals surface area contributed by atoms with Gasteiger partial charge in [-0.05, 0) is 0 Å². The quantitative estimate of drug-likeness (QED) is 0.402. The summed E-state index contributed by atoms with van der Waals surface area (Å²) in [7, 11) is -5.85. The third-order valence-electron chi connectivity index (χ3n) is 0.330. The van der Waals surface area contributed by atoms with Gasteiger partial charge in [0.1, 0.15) is 0 Å². The van der Waals surface area contributed by atoms with Crippen LogP contribution in [0.4, 0.5) is 13.2 Å². The van der Waals surface area contributed by atoms with Gasteiger partial charge < -0.3 is 9.79 Å². The summed E-state index contributed by atoms with van der Waals surface area (Å²) in [4.78, 5) is 14.7. The molecule has 0 aromatic carbocycles. The second-order valence-electron chi connectivity index (χ2n) is 1.01. The van der Waals surface area contributed by atoms with Crippen molar-refractivity contribution in [1.82, 2.24) is 0 Å². The van der Waals surface area contributed by atoms with Gasteiger partial charge in [-0.15, -0.1) is 0 Å². The van der Waals surface area contributed by atoms with Crippen LogP contribution in [0.2, 0.25) is 0 Å². The molecule has 3 nitrogen and oxygen atoms in total. The molecule has 0 unspecified atom stereocenters. The Bertz CT molecular complexity index is 126. The molecule has 0 aromatic rings. The summed E-state index contributed by atoms with van der Waals surface area (Å²) in [6, 6.07) is 0. The minimum atomic E-state index is -5.85. The second kappa shape index (κ2) is 3.37. The molecule has 52 valence electrons. The van der Waals surface area contributed by atoms with Crippen molar-refractivity contribution in [2.45, 2.75) is 5.92 Å². The van der Waals surface area contributed by atoms with Gasteiger partial charge in [0.25, 0.3) is 0 Å². The fraction of sp³-hybridized carbons (Fsp3) is 1.00. The van der Waals surface area contributed by atoms with Gasteiger partial charge in [0.15, 0.2) is 0 Å². The molecule has 2 N–H and O–H groups in total. The van der Waals surface area contributed by atoms with E-state index in [2.05, 4.69) is 0 Å². The maximum absolute atomic E-state index is 10.8. The van der Waals surface area contributed by atoms with Crippen LogP contribution in [0.5, 0.6) is 0 Å². The molecule has 0 radical (unpaired) electrons. The van der Waals surface area contributed by atoms with Crippen molar-refractivity contribution < 1.29 is 27.5 Å². The molecule has 0 saturated carbocycles. The van der Waals surface area contributed by atoms with Crippen LogP contribution in [0.1, 0.15) is 0 Å². The summed E-state index contributed by atoms with van der Waals surface area (Å²) >= 11 is 0. The number of rotatable bonds is 0. The van der Waals surface area contributed by atoms with Crippen LogP contribution >= 0.6 is 7.60 Å². The van der Waals surface area contributed by atoms with Crippen molar-refractivity contribution in [2.24, 2.45) is 0 Å². The Kier molecular flexibility index (Phi) is 4.71. The Morgan fingerprint density at radius 1 is 1.22 bits per heavy atom. The Morgan fingerprint density at radius 3 is 1.33 bits per heavy atom. The average Bonchev–Trinajstić information content (AvgIpc) is 1.25. The third-order valence-corrected chi connectivity index (χ3v) is 0.991. The van der Waals surface area contributed by atoms with E-state index < -0.39 is 13.5 Å². The van der Waals surface area contributed by atoms with Crippen molar-refractivity contribution in [3.05, 3.63) is 0 Å². The first-order valence-electron chi connectivity index (χ1n) is 1.37. The van der Waals surface area contributed by atoms with Crippen molar-refractivity contribution in [1.29, 1.82) is 0 Å². The van der Waals surface area contributed by atoms with Gasteiger partial charge in [-0.2, -0.15) is 13.2 Å². The summed E-state index contributed by atoms with van der Waals surface area (Å²) < 4.78 is 41.6. The van der Waals surface area contributed by atoms with E-state index in [1.807, 2.05) is 0 Å². The van der Waals surface area contributed by atoms with E-state index in [9.17, 15) is 17.7 Å². The summed E-state index contributed by atoms with van der Waals surface area (Å²) in [6.07, 6.45) is 0. The van der Waals surface area contributed by atoms with Gasteiger partial charge in [-0.3, -0.25) is 4.57 Å². The molecule has 0 atom stereocenters. The van der Waals surface area contributed by atoms with Crippen molar-refractivity contribution in [2.75, 3.05) is 0 Å². The van der Waals surface area contributed by atoms with E-state index in [1.54, 1.807) is 0 Å². The Morgan fingerprint density at radius 2 is 1.33 bits per heavy atom. The molecule has 9 heavy (non-hydrogen) atoms. The fourth-order valence-corrected chi connectivity index (χ4v) is 0. The molecule has 0 heterocycles. The molecule has 8 heteroatoms. The SMILES string of the molecule is O=P(O)(O)C(F)(F)F.[NaH]. The van der Waals surface area contributed by atoms with Crippen molar-refractivity contribution in [3.63, 3.8) is 0 Å². The zero-order valence-electron chi connectivity index (χ0n) is 3.38. The molecule has 0 bridgehead atoms. The normalized spacial score (nSPS) is 12.6. The van der Waals surface area contributed by atoms with Crippen LogP contribution in [-0.2, 0) is 4.57 Å². The first-order valence-corrected chi connectivity index (χ1v) is 2.99. The van der Waals surface area contributed by atoms with Gasteiger partial charge in [-0.25, -0.2) is 0 Å². The second-order valence-corrected chi connectivity index (χ2v) is 2.61. The molecular weight excluding hydrogens is 171 g/mol. The van der Waals surface area contributed by atoms with Crippen LogP contribution in [0.3, 0.4) is 0 Å². The molecule has 0 aliphatic carbocycles. The predicted octanol–water partition coefficient (Wildman–Crippen LogP) is 0.0354. The summed E-state index contributed by atoms with van der Waals surface area (Å²) in [5, 5.41) is 0. The molecule has 0 spiro atoms. The van der Waals surface area contributed by atoms with Gasteiger partial charge in [0.2, 0.25) is 0 Å². The Balaban J connectivity index is 0. The monoisotopic (exact) mass is 174 g/mol. The third kappa shape index (κ3) is 4.36. The van der Waals surface area contributed by atoms with Gasteiger partial charge in [-0.1, -0.05) is 0 Å². The van der Waals surface area contributed by atoms with E-state index >= 15 is 0 Å². The molecular formula is CH3F3NaO3P. The minimum absolute atomic E-state index is 0. The van der Waals surface area contributed by atoms with Crippen LogP contribution in [-0.4, -0.2) is 45.3 Å². The van der Waals surface area contributed by atoms with E-state index in [1.165, 1.54) is 0 Å². The first kappa shape index (κ1) is 12.6. The van der Waals surface area contributed by atoms with Crippen LogP contribution in [0, 0.1) is 0 Å². The molecule has 0 fully saturated rings. The average molecular weight is 174 g/mol. The van der Waals surface area contributed by atoms with Crippen LogP contribution in [0.15, 0.2) is 0 Å². The first-order chi connectivity index (χ1) is 3.25. The van der Waals surface area contributed by atoms with Crippen LogP contribution in [0.25, 0.3) is 0 Å². The standard InChI is InChI=1S/CH2F3O3P.Na.H/c2-1(3,4)8(5,6)7;;/h(H2,5,6,7);;. The number of alkyl halides is 3. The molecule has 0 saturated heterocycles. The van der Waals surface area contributed by atoms with Gasteiger partial charge in [0.05, 0.1) is 0 Å². The zero-order valence-corrected chi connectivity index (χ0v) is 4.28. The summed E-state index contributed by atoms with van der Waals surface area (Å²) in [5.74, 6) is -5.40.